The molecule has 0 aromatic carbocycles. The molecular weight excluding hydrogens is 140 g/mol. The summed E-state index contributed by atoms with van der Waals surface area (Å²) in [4.78, 5) is 10.7. The number of nitrogens with zero attached hydrogens (tertiary/aromatic N) is 2. The maximum atomic E-state index is 10.7. The van der Waals surface area contributed by atoms with E-state index in [1.54, 1.807) is 6.07 Å². The molecule has 1 rings (SSSR count). The predicted octanol–water partition coefficient (Wildman–Crippen LogP) is 1.24. The summed E-state index contributed by atoms with van der Waals surface area (Å²) >= 11 is 0. The van der Waals surface area contributed by atoms with Gasteiger partial charge < -0.3 is 0 Å². The Morgan fingerprint density at radius 2 is 2.18 bits per heavy atom. The van der Waals surface area contributed by atoms with Crippen LogP contribution in [0.3, 0.4) is 0 Å². The van der Waals surface area contributed by atoms with Crippen molar-refractivity contribution in [2.24, 2.45) is 0 Å². The topological polar surface area (TPSA) is 42.9 Å². The van der Waals surface area contributed by atoms with Crippen LogP contribution in [-0.2, 0) is 6.42 Å². The summed E-state index contributed by atoms with van der Waals surface area (Å²) in [5.74, 6) is -0.0415. The van der Waals surface area contributed by atoms with Crippen molar-refractivity contribution >= 4 is 5.78 Å². The van der Waals surface area contributed by atoms with Crippen LogP contribution in [0.15, 0.2) is 12.1 Å². The summed E-state index contributed by atoms with van der Waals surface area (Å²) in [7, 11) is 0. The molecule has 0 saturated carbocycles. The summed E-state index contributed by atoms with van der Waals surface area (Å²) in [5.41, 5.74) is 1.34. The highest BCUT2D eigenvalue weighted by atomic mass is 16.1. The second-order valence-corrected chi connectivity index (χ2v) is 2.32. The van der Waals surface area contributed by atoms with Crippen LogP contribution in [-0.4, -0.2) is 16.0 Å². The average molecular weight is 150 g/mol. The summed E-state index contributed by atoms with van der Waals surface area (Å²) < 4.78 is 0. The van der Waals surface area contributed by atoms with Gasteiger partial charge in [-0.15, -0.1) is 5.10 Å². The minimum atomic E-state index is -0.0415. The van der Waals surface area contributed by atoms with Gasteiger partial charge in [-0.2, -0.15) is 5.10 Å². The Morgan fingerprint density at radius 1 is 1.45 bits per heavy atom. The molecule has 11 heavy (non-hydrogen) atoms. The van der Waals surface area contributed by atoms with Gasteiger partial charge in [0.2, 0.25) is 0 Å². The molecule has 3 nitrogen and oxygen atoms in total. The zero-order valence-corrected chi connectivity index (χ0v) is 6.66. The van der Waals surface area contributed by atoms with E-state index >= 15 is 0 Å². The largest absolute Gasteiger partial charge is 0.293 e. The summed E-state index contributed by atoms with van der Waals surface area (Å²) in [6.45, 7) is 3.48. The molecule has 1 aromatic rings. The van der Waals surface area contributed by atoms with E-state index in [4.69, 9.17) is 0 Å². The Morgan fingerprint density at radius 3 is 2.55 bits per heavy atom. The van der Waals surface area contributed by atoms with Crippen molar-refractivity contribution < 1.29 is 4.79 Å². The average Bonchev–Trinajstić information content (AvgIpc) is 2.05. The highest BCUT2D eigenvalue weighted by Gasteiger charge is 1.99. The Hall–Kier alpha value is -1.25. The third-order valence-electron chi connectivity index (χ3n) is 1.44. The highest BCUT2D eigenvalue weighted by Crippen LogP contribution is 1.97. The van der Waals surface area contributed by atoms with Crippen molar-refractivity contribution in [1.29, 1.82) is 0 Å². The van der Waals surface area contributed by atoms with Gasteiger partial charge in [-0.1, -0.05) is 6.92 Å². The molecule has 0 saturated heterocycles. The van der Waals surface area contributed by atoms with Gasteiger partial charge in [0.05, 0.1) is 5.69 Å². The molecule has 0 aliphatic carbocycles. The molecule has 58 valence electrons. The Labute approximate surface area is 65.5 Å². The van der Waals surface area contributed by atoms with Crippen molar-refractivity contribution in [3.05, 3.63) is 23.5 Å². The number of hydrogen-bond donors (Lipinski definition) is 0. The molecule has 0 atom stereocenters. The normalized spacial score (nSPS) is 9.64. The fourth-order valence-electron chi connectivity index (χ4n) is 0.736. The number of Topliss-reactive ketones (excluding diaryl/α,β-unsaturated/α-hetero) is 1. The third-order valence-corrected chi connectivity index (χ3v) is 1.44. The molecule has 0 bridgehead atoms. The Balaban J connectivity index is 2.91. The van der Waals surface area contributed by atoms with E-state index in [0.717, 1.165) is 12.1 Å². The first-order valence-electron chi connectivity index (χ1n) is 3.57. The minimum absolute atomic E-state index is 0.0415. The Bertz CT molecular complexity index is 253. The number of carbonyl (C=O) groups is 1. The molecule has 0 fully saturated rings. The van der Waals surface area contributed by atoms with Crippen molar-refractivity contribution in [2.45, 2.75) is 20.3 Å². The number of aromatic nitrogens is 2. The zero-order chi connectivity index (χ0) is 8.27. The lowest BCUT2D eigenvalue weighted by molar-refractivity contribution is 0.101. The van der Waals surface area contributed by atoms with E-state index in [1.807, 2.05) is 13.0 Å². The van der Waals surface area contributed by atoms with Gasteiger partial charge in [-0.05, 0) is 18.6 Å². The van der Waals surface area contributed by atoms with E-state index in [9.17, 15) is 4.79 Å². The van der Waals surface area contributed by atoms with Gasteiger partial charge in [-0.3, -0.25) is 4.79 Å². The maximum absolute atomic E-state index is 10.7. The molecule has 0 unspecified atom stereocenters. The van der Waals surface area contributed by atoms with Gasteiger partial charge >= 0.3 is 0 Å². The molecule has 0 aliphatic heterocycles. The quantitative estimate of drug-likeness (QED) is 0.596. The predicted molar refractivity (Wildman–Crippen MR) is 41.4 cm³/mol. The summed E-state index contributed by atoms with van der Waals surface area (Å²) in [6, 6.07) is 3.53. The van der Waals surface area contributed by atoms with Gasteiger partial charge in [0, 0.05) is 6.92 Å². The lowest BCUT2D eigenvalue weighted by Gasteiger charge is -1.94. The van der Waals surface area contributed by atoms with Gasteiger partial charge in [0.25, 0.3) is 0 Å². The summed E-state index contributed by atoms with van der Waals surface area (Å²) in [5, 5.41) is 7.60. The van der Waals surface area contributed by atoms with E-state index in [1.165, 1.54) is 6.92 Å². The van der Waals surface area contributed by atoms with E-state index in [2.05, 4.69) is 10.2 Å². The molecule has 1 aromatic heterocycles. The van der Waals surface area contributed by atoms with Gasteiger partial charge in [0.1, 0.15) is 5.69 Å². The van der Waals surface area contributed by atoms with Crippen LogP contribution >= 0.6 is 0 Å². The molecule has 0 amide bonds. The molecule has 0 N–H and O–H groups in total. The first-order valence-corrected chi connectivity index (χ1v) is 3.57. The second kappa shape index (κ2) is 3.23. The van der Waals surface area contributed by atoms with Crippen molar-refractivity contribution in [3.8, 4) is 0 Å². The number of aryl methyl sites for hydroxylation is 1. The molecule has 0 radical (unpaired) electrons. The van der Waals surface area contributed by atoms with E-state index in [0.29, 0.717) is 5.69 Å². The van der Waals surface area contributed by atoms with Crippen LogP contribution < -0.4 is 0 Å². The van der Waals surface area contributed by atoms with Gasteiger partial charge in [-0.25, -0.2) is 0 Å². The van der Waals surface area contributed by atoms with Crippen LogP contribution in [0.1, 0.15) is 30.0 Å². The zero-order valence-electron chi connectivity index (χ0n) is 6.66. The van der Waals surface area contributed by atoms with Gasteiger partial charge in [0.15, 0.2) is 5.78 Å². The SMILES string of the molecule is CCc1ccc(C(C)=O)nn1. The number of rotatable bonds is 2. The lowest BCUT2D eigenvalue weighted by Crippen LogP contribution is -2.00. The monoisotopic (exact) mass is 150 g/mol. The van der Waals surface area contributed by atoms with Crippen LogP contribution in [0.2, 0.25) is 0 Å². The van der Waals surface area contributed by atoms with E-state index in [-0.39, 0.29) is 5.78 Å². The fraction of sp³-hybridized carbons (Fsp3) is 0.375. The van der Waals surface area contributed by atoms with Crippen LogP contribution in [0, 0.1) is 0 Å². The minimum Gasteiger partial charge on any atom is -0.293 e. The standard InChI is InChI=1S/C8H10N2O/c1-3-7-4-5-8(6(2)11)10-9-7/h4-5H,3H2,1-2H3. The molecule has 0 spiro atoms. The molecule has 3 heteroatoms. The van der Waals surface area contributed by atoms with Crippen molar-refractivity contribution in [2.75, 3.05) is 0 Å². The first-order chi connectivity index (χ1) is 5.24. The molecular formula is C8H10N2O. The number of carbonyl (C=O) groups excluding carboxylic acids is 1. The summed E-state index contributed by atoms with van der Waals surface area (Å²) in [6.07, 6.45) is 0.852. The van der Waals surface area contributed by atoms with Crippen LogP contribution in [0.5, 0.6) is 0 Å². The van der Waals surface area contributed by atoms with Crippen molar-refractivity contribution in [3.63, 3.8) is 0 Å². The molecule has 1 heterocycles. The van der Waals surface area contributed by atoms with E-state index < -0.39 is 0 Å². The lowest BCUT2D eigenvalue weighted by atomic mass is 10.2. The smallest absolute Gasteiger partial charge is 0.180 e. The maximum Gasteiger partial charge on any atom is 0.180 e. The number of ketones is 1. The fourth-order valence-corrected chi connectivity index (χ4v) is 0.736. The third kappa shape index (κ3) is 1.83. The highest BCUT2D eigenvalue weighted by molar-refractivity contribution is 5.91. The van der Waals surface area contributed by atoms with Crippen LogP contribution in [0.25, 0.3) is 0 Å². The number of hydrogen-bond acceptors (Lipinski definition) is 3. The molecule has 0 aliphatic rings. The second-order valence-electron chi connectivity index (χ2n) is 2.32. The first kappa shape index (κ1) is 7.85. The Kier molecular flexibility index (Phi) is 2.31. The van der Waals surface area contributed by atoms with Crippen molar-refractivity contribution in [1.82, 2.24) is 10.2 Å². The van der Waals surface area contributed by atoms with Crippen LogP contribution in [0.4, 0.5) is 0 Å².